The Morgan fingerprint density at radius 3 is 2.23 bits per heavy atom. The van der Waals surface area contributed by atoms with Gasteiger partial charge in [-0.25, -0.2) is 0 Å². The van der Waals surface area contributed by atoms with Gasteiger partial charge in [0.2, 0.25) is 0 Å². The molecule has 0 N–H and O–H groups in total. The van der Waals surface area contributed by atoms with E-state index in [1.807, 2.05) is 25.1 Å². The van der Waals surface area contributed by atoms with Crippen molar-refractivity contribution in [3.05, 3.63) is 108 Å². The third-order valence-corrected chi connectivity index (χ3v) is 3.43. The summed E-state index contributed by atoms with van der Waals surface area (Å²) in [5.74, 6) is 0. The molecule has 0 radical (unpaired) electrons. The Kier molecular flexibility index (Phi) is 5.73. The van der Waals surface area contributed by atoms with E-state index in [4.69, 9.17) is 0 Å². The van der Waals surface area contributed by atoms with Crippen LogP contribution in [-0.2, 0) is 0 Å². The zero-order chi connectivity index (χ0) is 15.8. The van der Waals surface area contributed by atoms with Gasteiger partial charge in [0.25, 0.3) is 0 Å². The molecular weight excluding hydrogens is 264 g/mol. The number of hydrogen-bond acceptors (Lipinski definition) is 0. The van der Waals surface area contributed by atoms with Crippen molar-refractivity contribution in [2.45, 2.75) is 13.8 Å². The van der Waals surface area contributed by atoms with E-state index >= 15 is 0 Å². The van der Waals surface area contributed by atoms with Crippen molar-refractivity contribution in [2.24, 2.45) is 0 Å². The SMILES string of the molecule is C=C/C=C(\C=C/C)C(=C/c1ccc(C)cc1)/c1ccccc1. The molecule has 0 atom stereocenters. The molecule has 0 unspecified atom stereocenters. The van der Waals surface area contributed by atoms with Gasteiger partial charge in [-0.2, -0.15) is 0 Å². The maximum atomic E-state index is 3.84. The fourth-order valence-electron chi connectivity index (χ4n) is 2.32. The minimum atomic E-state index is 1.16. The van der Waals surface area contributed by atoms with E-state index in [0.717, 1.165) is 5.57 Å². The summed E-state index contributed by atoms with van der Waals surface area (Å²) in [7, 11) is 0. The van der Waals surface area contributed by atoms with Gasteiger partial charge >= 0.3 is 0 Å². The summed E-state index contributed by atoms with van der Waals surface area (Å²) in [6.07, 6.45) is 10.3. The van der Waals surface area contributed by atoms with Crippen molar-refractivity contribution in [1.29, 1.82) is 0 Å². The minimum Gasteiger partial charge on any atom is -0.0990 e. The summed E-state index contributed by atoms with van der Waals surface area (Å²) in [6, 6.07) is 19.0. The molecule has 0 aliphatic rings. The van der Waals surface area contributed by atoms with Crippen molar-refractivity contribution in [1.82, 2.24) is 0 Å². The van der Waals surface area contributed by atoms with Gasteiger partial charge in [0.05, 0.1) is 0 Å². The summed E-state index contributed by atoms with van der Waals surface area (Å²) < 4.78 is 0. The molecule has 0 heterocycles. The van der Waals surface area contributed by atoms with E-state index in [1.54, 1.807) is 0 Å². The molecule has 0 aromatic heterocycles. The Bertz CT molecular complexity index is 695. The molecule has 22 heavy (non-hydrogen) atoms. The molecule has 2 rings (SSSR count). The fraction of sp³-hybridized carbons (Fsp3) is 0.0909. The molecular formula is C22H22. The van der Waals surface area contributed by atoms with Gasteiger partial charge in [-0.1, -0.05) is 91.0 Å². The zero-order valence-electron chi connectivity index (χ0n) is 13.3. The maximum absolute atomic E-state index is 3.84. The largest absolute Gasteiger partial charge is 0.0990 e. The number of hydrogen-bond donors (Lipinski definition) is 0. The smallest absolute Gasteiger partial charge is 0.0106 e. The minimum absolute atomic E-state index is 1.16. The summed E-state index contributed by atoms with van der Waals surface area (Å²) in [6.45, 7) is 7.98. The second-order valence-corrected chi connectivity index (χ2v) is 5.19. The van der Waals surface area contributed by atoms with Crippen LogP contribution in [0.1, 0.15) is 23.6 Å². The van der Waals surface area contributed by atoms with Crippen LogP contribution in [0.4, 0.5) is 0 Å². The first-order chi connectivity index (χ1) is 10.7. The molecule has 2 aromatic rings. The van der Waals surface area contributed by atoms with Crippen molar-refractivity contribution < 1.29 is 0 Å². The average molecular weight is 286 g/mol. The second kappa shape index (κ2) is 7.99. The predicted octanol–water partition coefficient (Wildman–Crippen LogP) is 6.22. The Hall–Kier alpha value is -2.60. The Balaban J connectivity index is 2.57. The standard InChI is InChI=1S/C22H22/c1-4-9-20(10-5-2)22(21-11-7-6-8-12-21)17-19-15-13-18(3)14-16-19/h4-17H,1H2,2-3H3/b10-5-,20-9+,22-17-. The van der Waals surface area contributed by atoms with Crippen molar-refractivity contribution >= 4 is 11.6 Å². The first-order valence-corrected chi connectivity index (χ1v) is 7.54. The lowest BCUT2D eigenvalue weighted by Gasteiger charge is -2.10. The van der Waals surface area contributed by atoms with Gasteiger partial charge in [0.15, 0.2) is 0 Å². The van der Waals surface area contributed by atoms with Crippen molar-refractivity contribution in [3.8, 4) is 0 Å². The quantitative estimate of drug-likeness (QED) is 0.452. The van der Waals surface area contributed by atoms with Gasteiger partial charge < -0.3 is 0 Å². The first-order valence-electron chi connectivity index (χ1n) is 7.54. The Labute approximate surface area is 133 Å². The van der Waals surface area contributed by atoms with Gasteiger partial charge in [-0.3, -0.25) is 0 Å². The van der Waals surface area contributed by atoms with E-state index in [1.165, 1.54) is 22.3 Å². The predicted molar refractivity (Wildman–Crippen MR) is 98.6 cm³/mol. The van der Waals surface area contributed by atoms with Crippen molar-refractivity contribution in [3.63, 3.8) is 0 Å². The lowest BCUT2D eigenvalue weighted by Crippen LogP contribution is -1.88. The van der Waals surface area contributed by atoms with Gasteiger partial charge in [-0.15, -0.1) is 0 Å². The summed E-state index contributed by atoms with van der Waals surface area (Å²) in [4.78, 5) is 0. The van der Waals surface area contributed by atoms with Gasteiger partial charge in [-0.05, 0) is 42.2 Å². The lowest BCUT2D eigenvalue weighted by atomic mass is 9.94. The van der Waals surface area contributed by atoms with E-state index in [9.17, 15) is 0 Å². The van der Waals surface area contributed by atoms with Crippen LogP contribution in [-0.4, -0.2) is 0 Å². The van der Waals surface area contributed by atoms with Crippen LogP contribution >= 0.6 is 0 Å². The van der Waals surface area contributed by atoms with E-state index < -0.39 is 0 Å². The average Bonchev–Trinajstić information content (AvgIpc) is 2.55. The molecule has 0 saturated heterocycles. The van der Waals surface area contributed by atoms with Crippen LogP contribution in [0.3, 0.4) is 0 Å². The fourth-order valence-corrected chi connectivity index (χ4v) is 2.32. The van der Waals surface area contributed by atoms with Gasteiger partial charge in [0.1, 0.15) is 0 Å². The van der Waals surface area contributed by atoms with E-state index in [-0.39, 0.29) is 0 Å². The highest BCUT2D eigenvalue weighted by atomic mass is 14.1. The van der Waals surface area contributed by atoms with Gasteiger partial charge in [0, 0.05) is 0 Å². The van der Waals surface area contributed by atoms with Crippen LogP contribution in [0.2, 0.25) is 0 Å². The van der Waals surface area contributed by atoms with Crippen LogP contribution in [0, 0.1) is 6.92 Å². The first kappa shape index (κ1) is 15.8. The maximum Gasteiger partial charge on any atom is -0.0106 e. The molecule has 0 spiro atoms. The number of rotatable bonds is 5. The molecule has 110 valence electrons. The third-order valence-electron chi connectivity index (χ3n) is 3.43. The molecule has 0 aliphatic carbocycles. The number of aryl methyl sites for hydroxylation is 1. The molecule has 0 nitrogen and oxygen atoms in total. The molecule has 0 saturated carbocycles. The topological polar surface area (TPSA) is 0 Å². The molecule has 0 heteroatoms. The molecule has 0 bridgehead atoms. The monoisotopic (exact) mass is 286 g/mol. The van der Waals surface area contributed by atoms with Crippen LogP contribution < -0.4 is 0 Å². The highest BCUT2D eigenvalue weighted by Gasteiger charge is 2.05. The molecule has 0 amide bonds. The second-order valence-electron chi connectivity index (χ2n) is 5.19. The number of benzene rings is 2. The normalized spacial score (nSPS) is 12.6. The molecule has 2 aromatic carbocycles. The third kappa shape index (κ3) is 4.20. The summed E-state index contributed by atoms with van der Waals surface area (Å²) in [5.41, 5.74) is 6.03. The van der Waals surface area contributed by atoms with Crippen LogP contribution in [0.15, 0.2) is 91.1 Å². The molecule has 0 fully saturated rings. The highest BCUT2D eigenvalue weighted by molar-refractivity contribution is 5.93. The lowest BCUT2D eigenvalue weighted by molar-refractivity contribution is 1.46. The Morgan fingerprint density at radius 1 is 0.955 bits per heavy atom. The zero-order valence-corrected chi connectivity index (χ0v) is 13.3. The summed E-state index contributed by atoms with van der Waals surface area (Å²) in [5, 5.41) is 0. The van der Waals surface area contributed by atoms with E-state index in [0.29, 0.717) is 0 Å². The summed E-state index contributed by atoms with van der Waals surface area (Å²) >= 11 is 0. The number of allylic oxidation sites excluding steroid dienone is 6. The van der Waals surface area contributed by atoms with Crippen molar-refractivity contribution in [2.75, 3.05) is 0 Å². The molecule has 0 aliphatic heterocycles. The van der Waals surface area contributed by atoms with Crippen LogP contribution in [0.5, 0.6) is 0 Å². The van der Waals surface area contributed by atoms with Crippen LogP contribution in [0.25, 0.3) is 11.6 Å². The Morgan fingerprint density at radius 2 is 1.64 bits per heavy atom. The highest BCUT2D eigenvalue weighted by Crippen LogP contribution is 2.27. The van der Waals surface area contributed by atoms with E-state index in [2.05, 4.69) is 80.3 Å².